The number of rotatable bonds is 8. The van der Waals surface area contributed by atoms with E-state index in [2.05, 4.69) is 9.71 Å². The maximum atomic E-state index is 13.2. The molecule has 1 aliphatic heterocycles. The van der Waals surface area contributed by atoms with E-state index >= 15 is 0 Å². The van der Waals surface area contributed by atoms with Gasteiger partial charge in [-0.3, -0.25) is 9.78 Å². The van der Waals surface area contributed by atoms with Gasteiger partial charge in [-0.1, -0.05) is 18.2 Å². The number of aromatic nitrogens is 1. The molecule has 0 unspecified atom stereocenters. The van der Waals surface area contributed by atoms with Crippen molar-refractivity contribution in [3.63, 3.8) is 0 Å². The summed E-state index contributed by atoms with van der Waals surface area (Å²) in [6.45, 7) is 6.91. The van der Waals surface area contributed by atoms with Gasteiger partial charge in [0.15, 0.2) is 0 Å². The molecule has 1 N–H and O–H groups in total. The number of nitrogens with one attached hydrogen (secondary N) is 1. The van der Waals surface area contributed by atoms with Crippen LogP contribution in [0, 0.1) is 12.8 Å². The molecule has 0 spiro atoms. The van der Waals surface area contributed by atoms with Crippen LogP contribution in [0.3, 0.4) is 0 Å². The summed E-state index contributed by atoms with van der Waals surface area (Å²) in [4.78, 5) is 17.3. The highest BCUT2D eigenvalue weighted by molar-refractivity contribution is 7.89. The number of hydrogen-bond acceptors (Lipinski definition) is 8. The zero-order chi connectivity index (χ0) is 28.6. The molecule has 2 atom stereocenters. The van der Waals surface area contributed by atoms with Crippen LogP contribution < -0.4 is 9.46 Å². The second kappa shape index (κ2) is 10.8. The van der Waals surface area contributed by atoms with Crippen molar-refractivity contribution in [1.82, 2.24) is 14.0 Å². The van der Waals surface area contributed by atoms with Crippen LogP contribution in [0.25, 0.3) is 10.9 Å². The van der Waals surface area contributed by atoms with Gasteiger partial charge < -0.3 is 9.47 Å². The van der Waals surface area contributed by atoms with Crippen molar-refractivity contribution in [2.24, 2.45) is 5.92 Å². The zero-order valence-corrected chi connectivity index (χ0v) is 24.2. The molecule has 0 saturated carbocycles. The Balaban J connectivity index is 1.48. The Labute approximate surface area is 229 Å². The smallest absolute Gasteiger partial charge is 0.312 e. The number of hydrogen-bond donors (Lipinski definition) is 1. The summed E-state index contributed by atoms with van der Waals surface area (Å²) in [6.07, 6.45) is 1.02. The predicted octanol–water partition coefficient (Wildman–Crippen LogP) is 3.00. The summed E-state index contributed by atoms with van der Waals surface area (Å²) in [5.41, 5.74) is 1.89. The first kappa shape index (κ1) is 28.9. The number of nitrogens with zero attached hydrogens (tertiary/aromatic N) is 2. The molecule has 210 valence electrons. The molecular formula is C27H33N3O7S2. The summed E-state index contributed by atoms with van der Waals surface area (Å²) >= 11 is 0. The van der Waals surface area contributed by atoms with Crippen LogP contribution in [-0.2, 0) is 36.2 Å². The standard InChI is InChI=1S/C27H33N3O7S2/c1-18-14-19(22-8-6-7-9-24(22)28-18)17-36-20-10-12-21(13-11-20)39(34,35)29-25-16-30(38(5,32)33)15-23(25)26(31)37-27(2,3)4/h6-14,23,25,29H,15-17H2,1-5H3/t23-,25+/m1/s1. The molecule has 0 bridgehead atoms. The monoisotopic (exact) mass is 575 g/mol. The summed E-state index contributed by atoms with van der Waals surface area (Å²) in [6, 6.07) is 14.6. The fourth-order valence-electron chi connectivity index (χ4n) is 4.43. The number of aryl methyl sites for hydroxylation is 1. The van der Waals surface area contributed by atoms with Crippen molar-refractivity contribution in [3.8, 4) is 5.75 Å². The number of sulfonamides is 2. The molecule has 3 aromatic rings. The second-order valence-corrected chi connectivity index (χ2v) is 14.3. The minimum Gasteiger partial charge on any atom is -0.489 e. The molecule has 0 aliphatic carbocycles. The third kappa shape index (κ3) is 7.13. The number of carbonyl (C=O) groups is 1. The third-order valence-corrected chi connectivity index (χ3v) is 8.97. The van der Waals surface area contributed by atoms with Crippen LogP contribution in [0.15, 0.2) is 59.5 Å². The minimum atomic E-state index is -4.08. The SMILES string of the molecule is Cc1cc(COc2ccc(S(=O)(=O)N[C@H]3CN(S(C)(=O)=O)C[C@H]3C(=O)OC(C)(C)C)cc2)c2ccccc2n1. The number of carbonyl (C=O) groups excluding carboxylic acids is 1. The first-order valence-electron chi connectivity index (χ1n) is 12.4. The van der Waals surface area contributed by atoms with E-state index in [9.17, 15) is 21.6 Å². The molecule has 0 radical (unpaired) electrons. The normalized spacial score (nSPS) is 18.8. The van der Waals surface area contributed by atoms with E-state index in [1.54, 1.807) is 32.9 Å². The van der Waals surface area contributed by atoms with Crippen molar-refractivity contribution >= 4 is 36.9 Å². The van der Waals surface area contributed by atoms with Gasteiger partial charge in [0.1, 0.15) is 18.0 Å². The van der Waals surface area contributed by atoms with Gasteiger partial charge in [0.25, 0.3) is 0 Å². The van der Waals surface area contributed by atoms with Gasteiger partial charge >= 0.3 is 5.97 Å². The van der Waals surface area contributed by atoms with Crippen LogP contribution >= 0.6 is 0 Å². The van der Waals surface area contributed by atoms with E-state index in [0.29, 0.717) is 5.75 Å². The highest BCUT2D eigenvalue weighted by Crippen LogP contribution is 2.26. The molecule has 2 aromatic carbocycles. The number of ether oxygens (including phenoxy) is 2. The quantitative estimate of drug-likeness (QED) is 0.406. The van der Waals surface area contributed by atoms with Crippen LogP contribution in [0.5, 0.6) is 5.75 Å². The van der Waals surface area contributed by atoms with Crippen LogP contribution in [0.4, 0.5) is 0 Å². The second-order valence-electron chi connectivity index (χ2n) is 10.6. The van der Waals surface area contributed by atoms with Gasteiger partial charge in [0.05, 0.1) is 28.6 Å². The molecular weight excluding hydrogens is 542 g/mol. The number of esters is 1. The molecule has 1 aliphatic rings. The topological polar surface area (TPSA) is 132 Å². The van der Waals surface area contributed by atoms with E-state index in [1.807, 2.05) is 37.3 Å². The molecule has 39 heavy (non-hydrogen) atoms. The van der Waals surface area contributed by atoms with Crippen molar-refractivity contribution in [2.75, 3.05) is 19.3 Å². The highest BCUT2D eigenvalue weighted by atomic mass is 32.2. The van der Waals surface area contributed by atoms with Crippen molar-refractivity contribution in [2.45, 2.75) is 50.8 Å². The lowest BCUT2D eigenvalue weighted by Gasteiger charge is -2.24. The molecule has 12 heteroatoms. The van der Waals surface area contributed by atoms with Gasteiger partial charge in [-0.2, -0.15) is 4.31 Å². The average Bonchev–Trinajstić information content (AvgIpc) is 3.25. The van der Waals surface area contributed by atoms with Gasteiger partial charge in [0.2, 0.25) is 20.0 Å². The number of fused-ring (bicyclic) bond motifs is 1. The molecule has 1 saturated heterocycles. The molecule has 1 fully saturated rings. The number of para-hydroxylation sites is 1. The number of pyridine rings is 1. The van der Waals surface area contributed by atoms with E-state index in [0.717, 1.165) is 32.7 Å². The lowest BCUT2D eigenvalue weighted by Crippen LogP contribution is -2.44. The maximum absolute atomic E-state index is 13.2. The third-order valence-electron chi connectivity index (χ3n) is 6.23. The van der Waals surface area contributed by atoms with Crippen molar-refractivity contribution in [1.29, 1.82) is 0 Å². The Kier molecular flexibility index (Phi) is 8.04. The summed E-state index contributed by atoms with van der Waals surface area (Å²) < 4.78 is 65.6. The van der Waals surface area contributed by atoms with Gasteiger partial charge in [-0.15, -0.1) is 0 Å². The average molecular weight is 576 g/mol. The minimum absolute atomic E-state index is 0.0409. The first-order valence-corrected chi connectivity index (χ1v) is 15.7. The van der Waals surface area contributed by atoms with E-state index in [1.165, 1.54) is 12.1 Å². The van der Waals surface area contributed by atoms with Crippen LogP contribution in [-0.4, -0.2) is 63.1 Å². The summed E-state index contributed by atoms with van der Waals surface area (Å²) in [7, 11) is -7.73. The fourth-order valence-corrected chi connectivity index (χ4v) is 6.56. The van der Waals surface area contributed by atoms with Gasteiger partial charge in [-0.05, 0) is 64.1 Å². The predicted molar refractivity (Wildman–Crippen MR) is 147 cm³/mol. The lowest BCUT2D eigenvalue weighted by atomic mass is 10.0. The largest absolute Gasteiger partial charge is 0.489 e. The fraction of sp³-hybridized carbons (Fsp3) is 0.407. The summed E-state index contributed by atoms with van der Waals surface area (Å²) in [5, 5.41) is 0.978. The van der Waals surface area contributed by atoms with Gasteiger partial charge in [-0.25, -0.2) is 21.6 Å². The highest BCUT2D eigenvalue weighted by Gasteiger charge is 2.44. The Hall–Kier alpha value is -3.06. The molecule has 10 nitrogen and oxygen atoms in total. The first-order chi connectivity index (χ1) is 18.1. The Bertz CT molecular complexity index is 1580. The number of benzene rings is 2. The Morgan fingerprint density at radius 3 is 2.36 bits per heavy atom. The summed E-state index contributed by atoms with van der Waals surface area (Å²) in [5.74, 6) is -1.18. The molecule has 0 amide bonds. The Morgan fingerprint density at radius 1 is 1.05 bits per heavy atom. The maximum Gasteiger partial charge on any atom is 0.312 e. The zero-order valence-electron chi connectivity index (χ0n) is 22.5. The van der Waals surface area contributed by atoms with E-state index in [4.69, 9.17) is 9.47 Å². The van der Waals surface area contributed by atoms with Crippen molar-refractivity contribution in [3.05, 3.63) is 65.9 Å². The molecule has 4 rings (SSSR count). The van der Waals surface area contributed by atoms with Crippen molar-refractivity contribution < 1.29 is 31.1 Å². The Morgan fingerprint density at radius 2 is 1.72 bits per heavy atom. The van der Waals surface area contributed by atoms with Gasteiger partial charge in [0, 0.05) is 29.7 Å². The van der Waals surface area contributed by atoms with E-state index in [-0.39, 0.29) is 24.6 Å². The van der Waals surface area contributed by atoms with E-state index < -0.39 is 43.6 Å². The van der Waals surface area contributed by atoms with Crippen LogP contribution in [0.1, 0.15) is 32.0 Å². The lowest BCUT2D eigenvalue weighted by molar-refractivity contribution is -0.159. The van der Waals surface area contributed by atoms with Crippen LogP contribution in [0.2, 0.25) is 0 Å². The molecule has 2 heterocycles. The molecule has 1 aromatic heterocycles.